The Hall–Kier alpha value is -2.37. The number of aryl methyl sites for hydroxylation is 2. The number of halogens is 3. The molecule has 4 nitrogen and oxygen atoms in total. The Bertz CT molecular complexity index is 969. The van der Waals surface area contributed by atoms with Gasteiger partial charge < -0.3 is 5.32 Å². The van der Waals surface area contributed by atoms with E-state index in [9.17, 15) is 9.18 Å². The van der Waals surface area contributed by atoms with Crippen LogP contribution in [0.4, 0.5) is 10.1 Å². The van der Waals surface area contributed by atoms with Gasteiger partial charge in [0.1, 0.15) is 5.69 Å². The van der Waals surface area contributed by atoms with Gasteiger partial charge in [-0.15, -0.1) is 0 Å². The Kier molecular flexibility index (Phi) is 4.79. The molecule has 1 aromatic heterocycles. The number of carbonyl (C=O) groups is 1. The van der Waals surface area contributed by atoms with Gasteiger partial charge in [0.15, 0.2) is 5.82 Å². The summed E-state index contributed by atoms with van der Waals surface area (Å²) in [6.45, 7) is 3.68. The SMILES string of the molecule is Cc1cc(C)n(-c2ccc(NC(=O)c3cccc(Cl)c3Cl)cc2F)n1. The average Bonchev–Trinajstić information content (AvgIpc) is 2.88. The van der Waals surface area contributed by atoms with Gasteiger partial charge in [-0.2, -0.15) is 5.10 Å². The van der Waals surface area contributed by atoms with E-state index in [-0.39, 0.29) is 15.6 Å². The minimum absolute atomic E-state index is 0.154. The van der Waals surface area contributed by atoms with Crippen LogP contribution < -0.4 is 5.32 Å². The van der Waals surface area contributed by atoms with Gasteiger partial charge in [0.25, 0.3) is 5.91 Å². The molecule has 0 atom stereocenters. The summed E-state index contributed by atoms with van der Waals surface area (Å²) in [6.07, 6.45) is 0. The molecule has 2 aromatic carbocycles. The largest absolute Gasteiger partial charge is 0.322 e. The zero-order valence-corrected chi connectivity index (χ0v) is 15.0. The van der Waals surface area contributed by atoms with Gasteiger partial charge in [0, 0.05) is 11.4 Å². The molecule has 128 valence electrons. The Morgan fingerprint density at radius 2 is 1.92 bits per heavy atom. The van der Waals surface area contributed by atoms with Gasteiger partial charge in [-0.05, 0) is 50.2 Å². The van der Waals surface area contributed by atoms with E-state index in [4.69, 9.17) is 23.2 Å². The maximum atomic E-state index is 14.5. The third-order valence-corrected chi connectivity index (χ3v) is 4.46. The van der Waals surface area contributed by atoms with E-state index in [1.165, 1.54) is 10.7 Å². The smallest absolute Gasteiger partial charge is 0.257 e. The maximum Gasteiger partial charge on any atom is 0.257 e. The van der Waals surface area contributed by atoms with Crippen molar-refractivity contribution in [1.82, 2.24) is 9.78 Å². The number of hydrogen-bond acceptors (Lipinski definition) is 2. The molecular weight excluding hydrogens is 364 g/mol. The van der Waals surface area contributed by atoms with E-state index in [2.05, 4.69) is 10.4 Å². The molecule has 3 rings (SSSR count). The van der Waals surface area contributed by atoms with Crippen LogP contribution in [0.25, 0.3) is 5.69 Å². The highest BCUT2D eigenvalue weighted by Crippen LogP contribution is 2.27. The Morgan fingerprint density at radius 1 is 1.16 bits per heavy atom. The standard InChI is InChI=1S/C18H14Cl2FN3O/c1-10-8-11(2)24(23-10)16-7-6-12(9-15(16)21)22-18(25)13-4-3-5-14(19)17(13)20/h3-9H,1-2H3,(H,22,25). The number of nitrogens with zero attached hydrogens (tertiary/aromatic N) is 2. The van der Waals surface area contributed by atoms with Gasteiger partial charge in [-0.1, -0.05) is 29.3 Å². The van der Waals surface area contributed by atoms with Crippen LogP contribution in [0.2, 0.25) is 10.0 Å². The number of aromatic nitrogens is 2. The number of benzene rings is 2. The summed E-state index contributed by atoms with van der Waals surface area (Å²) in [5, 5.41) is 7.30. The molecule has 7 heteroatoms. The Labute approximate surface area is 154 Å². The molecule has 25 heavy (non-hydrogen) atoms. The first-order valence-corrected chi connectivity index (χ1v) is 8.21. The summed E-state index contributed by atoms with van der Waals surface area (Å²) >= 11 is 11.9. The second-order valence-electron chi connectivity index (χ2n) is 5.56. The summed E-state index contributed by atoms with van der Waals surface area (Å²) in [5.74, 6) is -0.966. The molecule has 0 aliphatic heterocycles. The maximum absolute atomic E-state index is 14.5. The number of anilines is 1. The molecule has 1 amide bonds. The first kappa shape index (κ1) is 17.5. The van der Waals surface area contributed by atoms with Crippen LogP contribution in [0.1, 0.15) is 21.7 Å². The molecule has 0 saturated heterocycles. The molecule has 0 spiro atoms. The van der Waals surface area contributed by atoms with Crippen molar-refractivity contribution in [2.45, 2.75) is 13.8 Å². The van der Waals surface area contributed by atoms with E-state index in [0.29, 0.717) is 11.4 Å². The fourth-order valence-electron chi connectivity index (χ4n) is 2.51. The molecule has 0 unspecified atom stereocenters. The van der Waals surface area contributed by atoms with Crippen LogP contribution in [0.5, 0.6) is 0 Å². The summed E-state index contributed by atoms with van der Waals surface area (Å²) < 4.78 is 16.0. The van der Waals surface area contributed by atoms with Crippen LogP contribution in [-0.4, -0.2) is 15.7 Å². The number of hydrogen-bond donors (Lipinski definition) is 1. The van der Waals surface area contributed by atoms with Crippen molar-refractivity contribution < 1.29 is 9.18 Å². The number of nitrogens with one attached hydrogen (secondary N) is 1. The summed E-state index contributed by atoms with van der Waals surface area (Å²) in [5.41, 5.74) is 2.45. The van der Waals surface area contributed by atoms with E-state index in [0.717, 1.165) is 11.4 Å². The third-order valence-electron chi connectivity index (χ3n) is 3.64. The van der Waals surface area contributed by atoms with E-state index in [1.54, 1.807) is 30.3 Å². The quantitative estimate of drug-likeness (QED) is 0.682. The monoisotopic (exact) mass is 377 g/mol. The second-order valence-corrected chi connectivity index (χ2v) is 6.35. The van der Waals surface area contributed by atoms with Gasteiger partial charge in [0.2, 0.25) is 0 Å². The van der Waals surface area contributed by atoms with Crippen molar-refractivity contribution in [3.8, 4) is 5.69 Å². The molecule has 0 bridgehead atoms. The van der Waals surface area contributed by atoms with Crippen LogP contribution in [0.15, 0.2) is 42.5 Å². The predicted molar refractivity (Wildman–Crippen MR) is 97.4 cm³/mol. The first-order chi connectivity index (χ1) is 11.9. The van der Waals surface area contributed by atoms with Gasteiger partial charge in [-0.3, -0.25) is 4.79 Å². The highest BCUT2D eigenvalue weighted by atomic mass is 35.5. The van der Waals surface area contributed by atoms with Gasteiger partial charge in [-0.25, -0.2) is 9.07 Å². The number of rotatable bonds is 3. The molecule has 1 heterocycles. The third kappa shape index (κ3) is 3.52. The molecule has 0 aliphatic carbocycles. The van der Waals surface area contributed by atoms with Crippen molar-refractivity contribution in [3.63, 3.8) is 0 Å². The van der Waals surface area contributed by atoms with Gasteiger partial charge >= 0.3 is 0 Å². The highest BCUT2D eigenvalue weighted by molar-refractivity contribution is 6.44. The molecule has 1 N–H and O–H groups in total. The van der Waals surface area contributed by atoms with E-state index < -0.39 is 11.7 Å². The topological polar surface area (TPSA) is 46.9 Å². The molecule has 0 fully saturated rings. The normalized spacial score (nSPS) is 10.8. The summed E-state index contributed by atoms with van der Waals surface area (Å²) in [7, 11) is 0. The summed E-state index contributed by atoms with van der Waals surface area (Å²) in [4.78, 5) is 12.3. The average molecular weight is 378 g/mol. The minimum atomic E-state index is -0.499. The van der Waals surface area contributed by atoms with Crippen molar-refractivity contribution in [2.75, 3.05) is 5.32 Å². The predicted octanol–water partition coefficient (Wildman–Crippen LogP) is 5.19. The lowest BCUT2D eigenvalue weighted by atomic mass is 10.2. The molecule has 0 radical (unpaired) electrons. The lowest BCUT2D eigenvalue weighted by molar-refractivity contribution is 0.102. The van der Waals surface area contributed by atoms with Crippen LogP contribution >= 0.6 is 23.2 Å². The first-order valence-electron chi connectivity index (χ1n) is 7.45. The lowest BCUT2D eigenvalue weighted by Gasteiger charge is -2.10. The van der Waals surface area contributed by atoms with Crippen LogP contribution in [-0.2, 0) is 0 Å². The molecule has 0 aliphatic rings. The zero-order chi connectivity index (χ0) is 18.1. The number of carbonyl (C=O) groups excluding carboxylic acids is 1. The Morgan fingerprint density at radius 3 is 2.56 bits per heavy atom. The zero-order valence-electron chi connectivity index (χ0n) is 13.5. The van der Waals surface area contributed by atoms with E-state index in [1.807, 2.05) is 19.9 Å². The van der Waals surface area contributed by atoms with E-state index >= 15 is 0 Å². The highest BCUT2D eigenvalue weighted by Gasteiger charge is 2.15. The summed E-state index contributed by atoms with van der Waals surface area (Å²) in [6, 6.07) is 11.0. The Balaban J connectivity index is 1.87. The van der Waals surface area contributed by atoms with Gasteiger partial charge in [0.05, 0.1) is 21.3 Å². The molecule has 0 saturated carbocycles. The van der Waals surface area contributed by atoms with Crippen molar-refractivity contribution in [3.05, 3.63) is 75.3 Å². The molecule has 3 aromatic rings. The molecular formula is C18H14Cl2FN3O. The van der Waals surface area contributed by atoms with Crippen molar-refractivity contribution in [2.24, 2.45) is 0 Å². The fourth-order valence-corrected chi connectivity index (χ4v) is 2.89. The lowest BCUT2D eigenvalue weighted by Crippen LogP contribution is -2.13. The van der Waals surface area contributed by atoms with Crippen LogP contribution in [0, 0.1) is 19.7 Å². The number of amides is 1. The fraction of sp³-hybridized carbons (Fsp3) is 0.111. The van der Waals surface area contributed by atoms with Crippen molar-refractivity contribution in [1.29, 1.82) is 0 Å². The second kappa shape index (κ2) is 6.86. The van der Waals surface area contributed by atoms with Crippen LogP contribution in [0.3, 0.4) is 0 Å². The minimum Gasteiger partial charge on any atom is -0.322 e. The van der Waals surface area contributed by atoms with Crippen molar-refractivity contribution >= 4 is 34.8 Å².